The van der Waals surface area contributed by atoms with E-state index in [1.807, 2.05) is 0 Å². The molecule has 0 aliphatic rings. The van der Waals surface area contributed by atoms with Crippen LogP contribution in [0.15, 0.2) is 46.8 Å². The van der Waals surface area contributed by atoms with Crippen LogP contribution in [0.5, 0.6) is 0 Å². The second kappa shape index (κ2) is 17.7. The van der Waals surface area contributed by atoms with E-state index in [2.05, 4.69) is 58.7 Å². The molecule has 0 aliphatic heterocycles. The van der Waals surface area contributed by atoms with Gasteiger partial charge < -0.3 is 41.4 Å². The molecule has 0 atom stereocenters. The summed E-state index contributed by atoms with van der Waals surface area (Å²) in [6.45, 7) is 0. The average molecular weight is 727 g/mol. The van der Waals surface area contributed by atoms with Gasteiger partial charge in [0.1, 0.15) is 21.8 Å². The third kappa shape index (κ3) is 11.8. The maximum atomic E-state index is 6.00. The molecule has 4 aromatic heterocycles. The molecular formula is C18H15Cl4IN10NaS2-. The SMILES string of the molecule is Nc1[c-]ncc(Cl)n1.Nc1nc(Cl)cnc1Sc1ccnc(N)c1Cl.Nc1nccc(I)c1Cl.[Na+].[SH-]. The van der Waals surface area contributed by atoms with Crippen LogP contribution < -0.4 is 52.5 Å². The summed E-state index contributed by atoms with van der Waals surface area (Å²) in [5.74, 6) is 1.12. The van der Waals surface area contributed by atoms with Gasteiger partial charge in [0.05, 0.1) is 21.4 Å². The fraction of sp³-hybridized carbons (Fsp3) is 0. The van der Waals surface area contributed by atoms with Crippen LogP contribution in [0.2, 0.25) is 20.4 Å². The minimum Gasteiger partial charge on any atom is -0.813 e. The first-order valence-electron chi connectivity index (χ1n) is 8.65. The number of thiol groups is 1. The van der Waals surface area contributed by atoms with Crippen LogP contribution >= 0.6 is 80.8 Å². The van der Waals surface area contributed by atoms with Gasteiger partial charge in [-0.1, -0.05) is 64.4 Å². The first-order chi connectivity index (χ1) is 16.1. The Labute approximate surface area is 273 Å². The van der Waals surface area contributed by atoms with E-state index in [1.165, 1.54) is 24.2 Å². The summed E-state index contributed by atoms with van der Waals surface area (Å²) in [5.41, 5.74) is 21.8. The Morgan fingerprint density at radius 3 is 1.86 bits per heavy atom. The fourth-order valence-electron chi connectivity index (χ4n) is 1.83. The van der Waals surface area contributed by atoms with Crippen LogP contribution in [0.4, 0.5) is 23.3 Å². The zero-order valence-corrected chi connectivity index (χ0v) is 27.1. The van der Waals surface area contributed by atoms with Crippen molar-refractivity contribution in [3.05, 3.63) is 67.0 Å². The van der Waals surface area contributed by atoms with E-state index >= 15 is 0 Å². The summed E-state index contributed by atoms with van der Waals surface area (Å²) in [5, 5.41) is 1.96. The van der Waals surface area contributed by atoms with Gasteiger partial charge in [-0.15, -0.1) is 6.20 Å². The summed E-state index contributed by atoms with van der Waals surface area (Å²) in [6, 6.07) is 3.53. The van der Waals surface area contributed by atoms with Crippen molar-refractivity contribution in [2.45, 2.75) is 9.92 Å². The molecule has 0 aromatic carbocycles. The van der Waals surface area contributed by atoms with E-state index in [0.29, 0.717) is 30.9 Å². The Kier molecular flexibility index (Phi) is 17.3. The van der Waals surface area contributed by atoms with E-state index in [9.17, 15) is 0 Å². The van der Waals surface area contributed by atoms with Crippen LogP contribution in [-0.4, -0.2) is 29.9 Å². The zero-order valence-electron chi connectivity index (χ0n) is 18.2. The molecular weight excluding hydrogens is 712 g/mol. The molecule has 0 saturated heterocycles. The molecule has 0 unspecified atom stereocenters. The van der Waals surface area contributed by atoms with Crippen molar-refractivity contribution in [2.75, 3.05) is 22.9 Å². The van der Waals surface area contributed by atoms with Crippen LogP contribution in [0.25, 0.3) is 0 Å². The van der Waals surface area contributed by atoms with Crippen LogP contribution in [0.3, 0.4) is 0 Å². The average Bonchev–Trinajstić information content (AvgIpc) is 2.78. The Hall–Kier alpha value is -0.750. The van der Waals surface area contributed by atoms with Gasteiger partial charge in [-0.2, -0.15) is 0 Å². The van der Waals surface area contributed by atoms with Gasteiger partial charge in [-0.25, -0.2) is 19.9 Å². The number of aromatic nitrogens is 6. The molecule has 4 aromatic rings. The number of halogens is 5. The van der Waals surface area contributed by atoms with Gasteiger partial charge in [0.2, 0.25) is 0 Å². The maximum absolute atomic E-state index is 6.00. The van der Waals surface area contributed by atoms with Crippen molar-refractivity contribution in [1.29, 1.82) is 0 Å². The van der Waals surface area contributed by atoms with Crippen molar-refractivity contribution in [1.82, 2.24) is 29.9 Å². The minimum atomic E-state index is 0. The van der Waals surface area contributed by atoms with Gasteiger partial charge >= 0.3 is 29.6 Å². The van der Waals surface area contributed by atoms with E-state index < -0.39 is 0 Å². The third-order valence-electron chi connectivity index (χ3n) is 3.27. The van der Waals surface area contributed by atoms with Gasteiger partial charge in [-0.3, -0.25) is 4.98 Å². The van der Waals surface area contributed by atoms with E-state index in [4.69, 9.17) is 69.3 Å². The van der Waals surface area contributed by atoms with Crippen molar-refractivity contribution >= 4 is 118 Å². The van der Waals surface area contributed by atoms with Gasteiger partial charge in [0.25, 0.3) is 0 Å². The van der Waals surface area contributed by atoms with Crippen molar-refractivity contribution < 1.29 is 29.6 Å². The second-order valence-electron chi connectivity index (χ2n) is 5.68. The molecule has 0 fully saturated rings. The standard InChI is InChI=1S/C9H7Cl2N5S.C5H4ClIN2.C4H3ClN3.Na.H2S/c10-5-3-15-9(8(13)16-5)17-4-1-2-14-7(12)6(4)11;6-4-3(7)1-2-9-5(4)8;5-3-1-7-2-4(6)8-3;;/h1-3H,(H2,12,14)(H2,13,16);1-2H,(H2,8,9);1H,(H2,6,8);;1H2/q;;-1;+1;/p-1. The number of anilines is 4. The summed E-state index contributed by atoms with van der Waals surface area (Å²) in [7, 11) is 0. The zero-order chi connectivity index (χ0) is 25.3. The molecule has 36 heavy (non-hydrogen) atoms. The quantitative estimate of drug-likeness (QED) is 0.0773. The smallest absolute Gasteiger partial charge is 0.813 e. The van der Waals surface area contributed by atoms with Gasteiger partial charge in [0, 0.05) is 26.7 Å². The van der Waals surface area contributed by atoms with Crippen molar-refractivity contribution in [3.63, 3.8) is 0 Å². The number of hydrogen-bond acceptors (Lipinski definition) is 12. The number of nitrogens with zero attached hydrogens (tertiary/aromatic N) is 6. The summed E-state index contributed by atoms with van der Waals surface area (Å²) in [6.07, 6.45) is 8.38. The number of rotatable bonds is 2. The molecule has 0 spiro atoms. The minimum absolute atomic E-state index is 0. The number of nitrogen functional groups attached to an aromatic ring is 4. The number of hydrogen-bond donors (Lipinski definition) is 4. The van der Waals surface area contributed by atoms with Crippen molar-refractivity contribution in [3.8, 4) is 0 Å². The topological polar surface area (TPSA) is 181 Å². The van der Waals surface area contributed by atoms with Crippen molar-refractivity contribution in [2.24, 2.45) is 0 Å². The number of pyridine rings is 2. The Morgan fingerprint density at radius 2 is 1.36 bits per heavy atom. The second-order valence-corrected chi connectivity index (χ2v) is 9.40. The van der Waals surface area contributed by atoms with Gasteiger partial charge in [-0.05, 0) is 34.7 Å². The Bertz CT molecular complexity index is 1240. The summed E-state index contributed by atoms with van der Waals surface area (Å²) >= 11 is 26.1. The van der Waals surface area contributed by atoms with Crippen LogP contribution in [-0.2, 0) is 13.5 Å². The Morgan fingerprint density at radius 1 is 0.778 bits per heavy atom. The van der Waals surface area contributed by atoms with E-state index in [-0.39, 0.29) is 65.7 Å². The molecule has 0 radical (unpaired) electrons. The van der Waals surface area contributed by atoms with Gasteiger partial charge in [0.15, 0.2) is 5.82 Å². The molecule has 18 heteroatoms. The number of nitrogens with two attached hydrogens (primary N) is 4. The third-order valence-corrected chi connectivity index (χ3v) is 6.83. The van der Waals surface area contributed by atoms with Crippen LogP contribution in [0, 0.1) is 9.77 Å². The van der Waals surface area contributed by atoms with E-state index in [1.54, 1.807) is 24.5 Å². The molecule has 0 aliphatic carbocycles. The molecule has 0 bridgehead atoms. The van der Waals surface area contributed by atoms with E-state index in [0.717, 1.165) is 3.57 Å². The first kappa shape index (κ1) is 35.2. The maximum Gasteiger partial charge on any atom is 1.00 e. The fourth-order valence-corrected chi connectivity index (χ4v) is 3.67. The summed E-state index contributed by atoms with van der Waals surface area (Å²) < 4.78 is 0.932. The summed E-state index contributed by atoms with van der Waals surface area (Å²) in [4.78, 5) is 23.5. The monoisotopic (exact) mass is 725 g/mol. The normalized spacial score (nSPS) is 9.36. The molecule has 10 nitrogen and oxygen atoms in total. The molecule has 0 amide bonds. The predicted octanol–water partition coefficient (Wildman–Crippen LogP) is 1.66. The first-order valence-corrected chi connectivity index (χ1v) is 12.1. The molecule has 186 valence electrons. The largest absolute Gasteiger partial charge is 1.00 e. The molecule has 0 saturated carbocycles. The molecule has 8 N–H and O–H groups in total. The Balaban J connectivity index is 0.000000548. The predicted molar refractivity (Wildman–Crippen MR) is 155 cm³/mol. The molecule has 4 heterocycles. The van der Waals surface area contributed by atoms with Crippen LogP contribution in [0.1, 0.15) is 0 Å². The molecule has 4 rings (SSSR count).